The third-order valence-corrected chi connectivity index (χ3v) is 2.06. The van der Waals surface area contributed by atoms with Crippen LogP contribution < -0.4 is 4.74 Å². The molecule has 0 atom stereocenters. The Morgan fingerprint density at radius 2 is 2.25 bits per heavy atom. The molecule has 0 saturated carbocycles. The molecule has 0 amide bonds. The number of halogens is 2. The van der Waals surface area contributed by atoms with Crippen molar-refractivity contribution in [3.8, 4) is 5.75 Å². The van der Waals surface area contributed by atoms with Gasteiger partial charge in [0.05, 0.1) is 4.47 Å². The molecule has 0 bridgehead atoms. The number of benzene rings is 1. The van der Waals surface area contributed by atoms with Crippen LogP contribution in [-0.4, -0.2) is 4.51 Å². The van der Waals surface area contributed by atoms with E-state index in [1.54, 1.807) is 0 Å². The van der Waals surface area contributed by atoms with Crippen LogP contribution in [0.2, 0.25) is 0 Å². The highest BCUT2D eigenvalue weighted by Crippen LogP contribution is 2.26. The molecular weight excluding hydrogens is 260 g/mol. The molecule has 0 heterocycles. The van der Waals surface area contributed by atoms with E-state index in [0.717, 1.165) is 10.0 Å². The normalized spacial score (nSPS) is 9.58. The Balaban J connectivity index is 2.93. The maximum absolute atomic E-state index is 5.41. The minimum absolute atomic E-state index is 0.000414. The molecular formula is C8H6BrClOS. The molecule has 1 aromatic rings. The van der Waals surface area contributed by atoms with E-state index >= 15 is 0 Å². The van der Waals surface area contributed by atoms with Gasteiger partial charge in [-0.2, -0.15) is 0 Å². The van der Waals surface area contributed by atoms with E-state index in [1.807, 2.05) is 25.1 Å². The Hall–Kier alpha value is -0.120. The summed E-state index contributed by atoms with van der Waals surface area (Å²) in [5.41, 5.74) is 1.15. The first kappa shape index (κ1) is 9.96. The minimum atomic E-state index is -0.000414. The van der Waals surface area contributed by atoms with Crippen molar-refractivity contribution in [2.75, 3.05) is 0 Å². The van der Waals surface area contributed by atoms with Crippen molar-refractivity contribution >= 4 is 44.3 Å². The summed E-state index contributed by atoms with van der Waals surface area (Å²) in [5.74, 6) is 0.639. The summed E-state index contributed by atoms with van der Waals surface area (Å²) in [7, 11) is 0. The summed E-state index contributed by atoms with van der Waals surface area (Å²) in [4.78, 5) is 0. The molecule has 12 heavy (non-hydrogen) atoms. The number of ether oxygens (including phenoxy) is 1. The first-order chi connectivity index (χ1) is 5.59. The molecule has 0 aromatic heterocycles. The lowest BCUT2D eigenvalue weighted by atomic mass is 10.2. The molecule has 0 aliphatic heterocycles. The fourth-order valence-corrected chi connectivity index (χ4v) is 1.52. The van der Waals surface area contributed by atoms with Crippen LogP contribution in [0.4, 0.5) is 0 Å². The smallest absolute Gasteiger partial charge is 0.260 e. The highest BCUT2D eigenvalue weighted by Gasteiger charge is 2.01. The molecule has 0 fully saturated rings. The van der Waals surface area contributed by atoms with Gasteiger partial charge in [-0.1, -0.05) is 6.07 Å². The van der Waals surface area contributed by atoms with Gasteiger partial charge in [0.2, 0.25) is 0 Å². The van der Waals surface area contributed by atoms with E-state index in [0.29, 0.717) is 5.75 Å². The van der Waals surface area contributed by atoms with Crippen LogP contribution in [0.3, 0.4) is 0 Å². The average molecular weight is 266 g/mol. The van der Waals surface area contributed by atoms with Gasteiger partial charge in [0.25, 0.3) is 4.51 Å². The van der Waals surface area contributed by atoms with Crippen LogP contribution in [0, 0.1) is 6.92 Å². The van der Waals surface area contributed by atoms with E-state index in [9.17, 15) is 0 Å². The second-order valence-electron chi connectivity index (χ2n) is 2.27. The standard InChI is InChI=1S/C8H6BrClOS/c1-5-2-3-7(6(9)4-5)11-8(10)12/h2-4H,1H3. The van der Waals surface area contributed by atoms with Crippen LogP contribution in [0.1, 0.15) is 5.56 Å². The second kappa shape index (κ2) is 4.21. The van der Waals surface area contributed by atoms with E-state index in [2.05, 4.69) is 28.1 Å². The van der Waals surface area contributed by atoms with Gasteiger partial charge in [-0.3, -0.25) is 0 Å². The maximum atomic E-state index is 5.41. The molecule has 1 nitrogen and oxygen atoms in total. The SMILES string of the molecule is Cc1ccc(OC(=S)Cl)c(Br)c1. The van der Waals surface area contributed by atoms with E-state index < -0.39 is 0 Å². The summed E-state index contributed by atoms with van der Waals surface area (Å²) in [6.45, 7) is 1.99. The number of hydrogen-bond acceptors (Lipinski definition) is 2. The van der Waals surface area contributed by atoms with Crippen LogP contribution in [0.25, 0.3) is 0 Å². The first-order valence-electron chi connectivity index (χ1n) is 3.23. The molecule has 0 saturated heterocycles. The lowest BCUT2D eigenvalue weighted by Gasteiger charge is -2.04. The van der Waals surface area contributed by atoms with Crippen molar-refractivity contribution in [1.29, 1.82) is 0 Å². The summed E-state index contributed by atoms with van der Waals surface area (Å²) in [6, 6.07) is 5.67. The third-order valence-electron chi connectivity index (χ3n) is 1.28. The molecule has 0 radical (unpaired) electrons. The zero-order valence-corrected chi connectivity index (χ0v) is 9.46. The van der Waals surface area contributed by atoms with Gasteiger partial charge >= 0.3 is 0 Å². The van der Waals surface area contributed by atoms with Gasteiger partial charge in [-0.05, 0) is 64.4 Å². The van der Waals surface area contributed by atoms with Gasteiger partial charge in [-0.25, -0.2) is 0 Å². The number of hydrogen-bond donors (Lipinski definition) is 0. The average Bonchev–Trinajstić information content (AvgIpc) is 1.94. The van der Waals surface area contributed by atoms with Crippen LogP contribution in [-0.2, 0) is 0 Å². The second-order valence-corrected chi connectivity index (χ2v) is 4.07. The molecule has 0 aliphatic carbocycles. The number of aryl methyl sites for hydroxylation is 1. The molecule has 0 N–H and O–H groups in total. The molecule has 0 spiro atoms. The maximum Gasteiger partial charge on any atom is 0.260 e. The molecule has 0 aliphatic rings. The Morgan fingerprint density at radius 1 is 1.58 bits per heavy atom. The van der Waals surface area contributed by atoms with Gasteiger partial charge in [-0.15, -0.1) is 0 Å². The largest absolute Gasteiger partial charge is 0.435 e. The summed E-state index contributed by atoms with van der Waals surface area (Å²) < 4.78 is 5.90. The van der Waals surface area contributed by atoms with E-state index in [-0.39, 0.29) is 4.51 Å². The van der Waals surface area contributed by atoms with Gasteiger partial charge in [0, 0.05) is 0 Å². The Morgan fingerprint density at radius 3 is 2.75 bits per heavy atom. The zero-order valence-electron chi connectivity index (χ0n) is 6.30. The lowest BCUT2D eigenvalue weighted by molar-refractivity contribution is 0.573. The number of rotatable bonds is 1. The molecule has 4 heteroatoms. The molecule has 64 valence electrons. The van der Waals surface area contributed by atoms with Crippen molar-refractivity contribution in [2.45, 2.75) is 6.92 Å². The number of thiocarbonyl (C=S) groups is 1. The van der Waals surface area contributed by atoms with Crippen molar-refractivity contribution in [1.82, 2.24) is 0 Å². The van der Waals surface area contributed by atoms with E-state index in [4.69, 9.17) is 16.3 Å². The fraction of sp³-hybridized carbons (Fsp3) is 0.125. The van der Waals surface area contributed by atoms with Crippen molar-refractivity contribution < 1.29 is 4.74 Å². The predicted octanol–water partition coefficient (Wildman–Crippen LogP) is 3.66. The highest BCUT2D eigenvalue weighted by atomic mass is 79.9. The predicted molar refractivity (Wildman–Crippen MR) is 58.0 cm³/mol. The molecule has 0 unspecified atom stereocenters. The Bertz CT molecular complexity index is 314. The zero-order chi connectivity index (χ0) is 9.14. The Labute approximate surface area is 89.8 Å². The quantitative estimate of drug-likeness (QED) is 0.566. The summed E-state index contributed by atoms with van der Waals surface area (Å²) >= 11 is 13.3. The monoisotopic (exact) mass is 264 g/mol. The minimum Gasteiger partial charge on any atom is -0.435 e. The van der Waals surface area contributed by atoms with Gasteiger partial charge in [0.1, 0.15) is 5.75 Å². The topological polar surface area (TPSA) is 9.23 Å². The summed E-state index contributed by atoms with van der Waals surface area (Å²) in [5, 5.41) is 0. The molecule has 1 rings (SSSR count). The van der Waals surface area contributed by atoms with Gasteiger partial charge < -0.3 is 4.74 Å². The van der Waals surface area contributed by atoms with Crippen molar-refractivity contribution in [3.63, 3.8) is 0 Å². The Kier molecular flexibility index (Phi) is 3.50. The van der Waals surface area contributed by atoms with Crippen LogP contribution in [0.5, 0.6) is 5.75 Å². The fourth-order valence-electron chi connectivity index (χ4n) is 0.775. The molecule has 1 aromatic carbocycles. The van der Waals surface area contributed by atoms with Gasteiger partial charge in [0.15, 0.2) is 0 Å². The van der Waals surface area contributed by atoms with Crippen molar-refractivity contribution in [3.05, 3.63) is 28.2 Å². The van der Waals surface area contributed by atoms with E-state index in [1.165, 1.54) is 0 Å². The lowest BCUT2D eigenvalue weighted by Crippen LogP contribution is -1.96. The third kappa shape index (κ3) is 2.73. The highest BCUT2D eigenvalue weighted by molar-refractivity contribution is 9.10. The summed E-state index contributed by atoms with van der Waals surface area (Å²) in [6.07, 6.45) is 0. The first-order valence-corrected chi connectivity index (χ1v) is 4.81. The van der Waals surface area contributed by atoms with Crippen LogP contribution in [0.15, 0.2) is 22.7 Å². The van der Waals surface area contributed by atoms with Crippen LogP contribution >= 0.6 is 39.7 Å². The van der Waals surface area contributed by atoms with Crippen molar-refractivity contribution in [2.24, 2.45) is 0 Å².